The van der Waals surface area contributed by atoms with E-state index in [-0.39, 0.29) is 5.75 Å². The number of ether oxygens (including phenoxy) is 1. The molecular weight excluding hydrogens is 172 g/mol. The molecule has 0 aliphatic heterocycles. The largest absolute Gasteiger partial charge is 0.481 e. The molecule has 1 unspecified atom stereocenters. The topological polar surface area (TPSA) is 80.7 Å². The predicted molar refractivity (Wildman–Crippen MR) is 37.5 cm³/mol. The zero-order valence-electron chi connectivity index (χ0n) is 5.90. The summed E-state index contributed by atoms with van der Waals surface area (Å²) in [5, 5.41) is 8.12. The predicted octanol–water partition coefficient (Wildman–Crippen LogP) is -1.01. The highest BCUT2D eigenvalue weighted by Gasteiger charge is 2.10. The van der Waals surface area contributed by atoms with E-state index in [1.807, 2.05) is 0 Å². The van der Waals surface area contributed by atoms with Gasteiger partial charge in [-0.25, -0.2) is 0 Å². The van der Waals surface area contributed by atoms with Crippen LogP contribution in [0.2, 0.25) is 0 Å². The second kappa shape index (κ2) is 4.84. The van der Waals surface area contributed by atoms with Gasteiger partial charge in [0.25, 0.3) is 0 Å². The molecule has 11 heavy (non-hydrogen) atoms. The van der Waals surface area contributed by atoms with E-state index in [1.165, 1.54) is 0 Å². The van der Waals surface area contributed by atoms with Gasteiger partial charge in [0.2, 0.25) is 0 Å². The molecule has 0 radical (unpaired) electrons. The maximum atomic E-state index is 10.7. The third-order valence-electron chi connectivity index (χ3n) is 0.791. The van der Waals surface area contributed by atoms with Gasteiger partial charge in [0.1, 0.15) is 11.5 Å². The number of hydrogen-bond donors (Lipinski definition) is 1. The molecule has 0 aliphatic carbocycles. The van der Waals surface area contributed by atoms with Crippen molar-refractivity contribution in [3.63, 3.8) is 0 Å². The Hall–Kier alpha value is -0.910. The second-order valence-electron chi connectivity index (χ2n) is 1.70. The van der Waals surface area contributed by atoms with Crippen LogP contribution in [0.4, 0.5) is 0 Å². The molecule has 0 spiro atoms. The molecule has 1 N–H and O–H groups in total. The number of carboxylic acids is 1. The summed E-state index contributed by atoms with van der Waals surface area (Å²) in [6.07, 6.45) is 0. The van der Waals surface area contributed by atoms with Crippen molar-refractivity contribution in [3.05, 3.63) is 0 Å². The Morgan fingerprint density at radius 1 is 1.45 bits per heavy atom. The SMILES string of the molecule is COC(=O)CS(=O)CC(=O)O. The van der Waals surface area contributed by atoms with E-state index < -0.39 is 28.5 Å². The van der Waals surface area contributed by atoms with Crippen LogP contribution in [0.3, 0.4) is 0 Å². The number of carbonyl (C=O) groups is 2. The van der Waals surface area contributed by atoms with Crippen molar-refractivity contribution in [2.45, 2.75) is 0 Å². The molecule has 0 aromatic rings. The first-order valence-corrected chi connectivity index (χ1v) is 4.18. The van der Waals surface area contributed by atoms with Crippen LogP contribution in [0.5, 0.6) is 0 Å². The van der Waals surface area contributed by atoms with Crippen molar-refractivity contribution in [1.82, 2.24) is 0 Å². The summed E-state index contributed by atoms with van der Waals surface area (Å²) in [5.74, 6) is -2.73. The fourth-order valence-electron chi connectivity index (χ4n) is 0.379. The molecule has 0 aromatic carbocycles. The highest BCUT2D eigenvalue weighted by atomic mass is 32.2. The van der Waals surface area contributed by atoms with Gasteiger partial charge in [0.05, 0.1) is 7.11 Å². The highest BCUT2D eigenvalue weighted by Crippen LogP contribution is 1.84. The van der Waals surface area contributed by atoms with E-state index in [4.69, 9.17) is 5.11 Å². The van der Waals surface area contributed by atoms with Gasteiger partial charge in [-0.3, -0.25) is 13.8 Å². The van der Waals surface area contributed by atoms with E-state index >= 15 is 0 Å². The van der Waals surface area contributed by atoms with Crippen molar-refractivity contribution in [3.8, 4) is 0 Å². The van der Waals surface area contributed by atoms with Gasteiger partial charge in [-0.1, -0.05) is 0 Å². The molecule has 0 bridgehead atoms. The number of carbonyl (C=O) groups excluding carboxylic acids is 1. The number of esters is 1. The van der Waals surface area contributed by atoms with E-state index in [9.17, 15) is 13.8 Å². The summed E-state index contributed by atoms with van der Waals surface area (Å²) in [4.78, 5) is 20.3. The maximum Gasteiger partial charge on any atom is 0.318 e. The zero-order valence-corrected chi connectivity index (χ0v) is 6.72. The van der Waals surface area contributed by atoms with E-state index in [0.717, 1.165) is 7.11 Å². The lowest BCUT2D eigenvalue weighted by molar-refractivity contribution is -0.137. The van der Waals surface area contributed by atoms with Gasteiger partial charge in [0, 0.05) is 10.8 Å². The smallest absolute Gasteiger partial charge is 0.318 e. The molecular formula is C5H8O5S. The molecule has 0 saturated carbocycles. The standard InChI is InChI=1S/C5H8O5S/c1-10-5(8)3-11(9)2-4(6)7/h2-3H2,1H3,(H,6,7). The Bertz CT molecular complexity index is 187. The minimum Gasteiger partial charge on any atom is -0.481 e. The summed E-state index contributed by atoms with van der Waals surface area (Å²) >= 11 is 0. The molecule has 0 aromatic heterocycles. The average molecular weight is 180 g/mol. The third-order valence-corrected chi connectivity index (χ3v) is 1.92. The van der Waals surface area contributed by atoms with Crippen molar-refractivity contribution in [2.75, 3.05) is 18.6 Å². The molecule has 0 aliphatic rings. The Kier molecular flexibility index (Phi) is 4.44. The molecule has 64 valence electrons. The van der Waals surface area contributed by atoms with Crippen LogP contribution >= 0.6 is 0 Å². The first-order chi connectivity index (χ1) is 5.06. The first-order valence-electron chi connectivity index (χ1n) is 2.70. The van der Waals surface area contributed by atoms with Gasteiger partial charge >= 0.3 is 11.9 Å². The Labute approximate surface area is 65.8 Å². The first kappa shape index (κ1) is 10.1. The molecule has 0 saturated heterocycles. The van der Waals surface area contributed by atoms with Crippen LogP contribution in [-0.4, -0.2) is 39.9 Å². The summed E-state index contributed by atoms with van der Waals surface area (Å²) < 4.78 is 14.8. The summed E-state index contributed by atoms with van der Waals surface area (Å²) in [5.41, 5.74) is 0. The molecule has 0 fully saturated rings. The lowest BCUT2D eigenvalue weighted by Gasteiger charge is -1.96. The lowest BCUT2D eigenvalue weighted by atomic mass is 10.8. The van der Waals surface area contributed by atoms with Crippen molar-refractivity contribution in [2.24, 2.45) is 0 Å². The van der Waals surface area contributed by atoms with Gasteiger partial charge < -0.3 is 9.84 Å². The second-order valence-corrected chi connectivity index (χ2v) is 3.16. The minimum atomic E-state index is -1.65. The number of methoxy groups -OCH3 is 1. The number of aliphatic carboxylic acids is 1. The minimum absolute atomic E-state index is 0.358. The van der Waals surface area contributed by atoms with Gasteiger partial charge in [-0.2, -0.15) is 0 Å². The van der Waals surface area contributed by atoms with E-state index in [1.54, 1.807) is 0 Å². The summed E-state index contributed by atoms with van der Waals surface area (Å²) in [6.45, 7) is 0. The molecule has 0 amide bonds. The van der Waals surface area contributed by atoms with Crippen LogP contribution in [0.15, 0.2) is 0 Å². The average Bonchev–Trinajstić information content (AvgIpc) is 1.85. The normalized spacial score (nSPS) is 12.1. The van der Waals surface area contributed by atoms with Crippen molar-refractivity contribution < 1.29 is 23.6 Å². The maximum absolute atomic E-state index is 10.7. The molecule has 0 rings (SSSR count). The third kappa shape index (κ3) is 5.53. The van der Waals surface area contributed by atoms with Crippen molar-refractivity contribution in [1.29, 1.82) is 0 Å². The Morgan fingerprint density at radius 2 is 2.00 bits per heavy atom. The molecule has 5 nitrogen and oxygen atoms in total. The van der Waals surface area contributed by atoms with Crippen LogP contribution in [0.25, 0.3) is 0 Å². The van der Waals surface area contributed by atoms with Crippen LogP contribution < -0.4 is 0 Å². The number of rotatable bonds is 4. The van der Waals surface area contributed by atoms with E-state index in [2.05, 4.69) is 4.74 Å². The Morgan fingerprint density at radius 3 is 2.36 bits per heavy atom. The number of carboxylic acid groups (broad SMARTS) is 1. The monoisotopic (exact) mass is 180 g/mol. The van der Waals surface area contributed by atoms with E-state index in [0.29, 0.717) is 0 Å². The molecule has 6 heteroatoms. The van der Waals surface area contributed by atoms with Crippen LogP contribution in [-0.2, 0) is 25.1 Å². The fourth-order valence-corrected chi connectivity index (χ4v) is 1.14. The highest BCUT2D eigenvalue weighted by molar-refractivity contribution is 7.86. The Balaban J connectivity index is 3.70. The van der Waals surface area contributed by atoms with Gasteiger partial charge in [-0.15, -0.1) is 0 Å². The number of hydrogen-bond acceptors (Lipinski definition) is 4. The summed E-state index contributed by atoms with van der Waals surface area (Å²) in [6, 6.07) is 0. The zero-order chi connectivity index (χ0) is 8.85. The van der Waals surface area contributed by atoms with Crippen LogP contribution in [0.1, 0.15) is 0 Å². The van der Waals surface area contributed by atoms with Gasteiger partial charge in [0.15, 0.2) is 0 Å². The van der Waals surface area contributed by atoms with Gasteiger partial charge in [-0.05, 0) is 0 Å². The molecule has 1 atom stereocenters. The lowest BCUT2D eigenvalue weighted by Crippen LogP contribution is -2.18. The quantitative estimate of drug-likeness (QED) is 0.561. The molecule has 0 heterocycles. The van der Waals surface area contributed by atoms with Crippen LogP contribution in [0, 0.1) is 0 Å². The summed E-state index contributed by atoms with van der Waals surface area (Å²) in [7, 11) is -0.501. The van der Waals surface area contributed by atoms with Crippen molar-refractivity contribution >= 4 is 22.7 Å². The fraction of sp³-hybridized carbons (Fsp3) is 0.600.